The predicted molar refractivity (Wildman–Crippen MR) is 91.6 cm³/mol. The van der Waals surface area contributed by atoms with Crippen molar-refractivity contribution in [3.05, 3.63) is 54.4 Å². The van der Waals surface area contributed by atoms with Crippen LogP contribution >= 0.6 is 0 Å². The first-order chi connectivity index (χ1) is 11.7. The number of imidazole rings is 1. The Balaban J connectivity index is 1.65. The lowest BCUT2D eigenvalue weighted by molar-refractivity contribution is 0.0949. The number of benzene rings is 2. The van der Waals surface area contributed by atoms with Crippen molar-refractivity contribution in [2.45, 2.75) is 6.54 Å². The van der Waals surface area contributed by atoms with Gasteiger partial charge in [-0.25, -0.2) is 4.98 Å². The van der Waals surface area contributed by atoms with Gasteiger partial charge < -0.3 is 19.4 Å². The molecule has 0 fully saturated rings. The first kappa shape index (κ1) is 15.9. The van der Waals surface area contributed by atoms with Gasteiger partial charge in [0.25, 0.3) is 5.91 Å². The number of nitrogens with one attached hydrogen (secondary N) is 1. The Hall–Kier alpha value is -3.02. The summed E-state index contributed by atoms with van der Waals surface area (Å²) in [6.07, 6.45) is 1.78. The smallest absolute Gasteiger partial charge is 0.255 e. The van der Waals surface area contributed by atoms with Crippen LogP contribution in [-0.2, 0) is 6.54 Å². The number of aromatic nitrogens is 2. The van der Waals surface area contributed by atoms with Gasteiger partial charge in [0.2, 0.25) is 0 Å². The summed E-state index contributed by atoms with van der Waals surface area (Å²) in [5.74, 6) is 0.951. The number of ether oxygens (including phenoxy) is 2. The summed E-state index contributed by atoms with van der Waals surface area (Å²) >= 11 is 0. The number of para-hydroxylation sites is 2. The Kier molecular flexibility index (Phi) is 4.65. The fraction of sp³-hybridized carbons (Fsp3) is 0.222. The fourth-order valence-corrected chi connectivity index (χ4v) is 2.56. The van der Waals surface area contributed by atoms with Gasteiger partial charge in [-0.3, -0.25) is 4.79 Å². The van der Waals surface area contributed by atoms with E-state index < -0.39 is 0 Å². The molecule has 1 heterocycles. The number of fused-ring (bicyclic) bond motifs is 1. The average molecular weight is 325 g/mol. The monoisotopic (exact) mass is 325 g/mol. The first-order valence-electron chi connectivity index (χ1n) is 7.63. The van der Waals surface area contributed by atoms with Crippen molar-refractivity contribution in [2.24, 2.45) is 0 Å². The van der Waals surface area contributed by atoms with E-state index in [-0.39, 0.29) is 5.91 Å². The molecule has 0 bridgehead atoms. The molecule has 1 amide bonds. The van der Waals surface area contributed by atoms with Gasteiger partial charge in [0.05, 0.1) is 37.1 Å². The van der Waals surface area contributed by atoms with Crippen LogP contribution in [0.25, 0.3) is 11.0 Å². The molecule has 0 atom stereocenters. The molecule has 0 aliphatic heterocycles. The van der Waals surface area contributed by atoms with Crippen LogP contribution in [0.4, 0.5) is 0 Å². The molecule has 124 valence electrons. The SMILES string of the molecule is COc1ccc(C(=O)NCCn2cnc3ccccc32)c(OC)c1. The quantitative estimate of drug-likeness (QED) is 0.756. The average Bonchev–Trinajstić information content (AvgIpc) is 3.04. The van der Waals surface area contributed by atoms with Crippen molar-refractivity contribution >= 4 is 16.9 Å². The summed E-state index contributed by atoms with van der Waals surface area (Å²) in [5.41, 5.74) is 2.48. The lowest BCUT2D eigenvalue weighted by Gasteiger charge is -2.11. The minimum Gasteiger partial charge on any atom is -0.497 e. The van der Waals surface area contributed by atoms with Crippen molar-refractivity contribution in [3.63, 3.8) is 0 Å². The van der Waals surface area contributed by atoms with E-state index in [4.69, 9.17) is 9.47 Å². The van der Waals surface area contributed by atoms with Crippen LogP contribution in [0.3, 0.4) is 0 Å². The van der Waals surface area contributed by atoms with Crippen LogP contribution in [0.5, 0.6) is 11.5 Å². The maximum Gasteiger partial charge on any atom is 0.255 e. The van der Waals surface area contributed by atoms with E-state index in [9.17, 15) is 4.79 Å². The summed E-state index contributed by atoms with van der Waals surface area (Å²) in [6, 6.07) is 13.0. The van der Waals surface area contributed by atoms with Crippen molar-refractivity contribution in [2.75, 3.05) is 20.8 Å². The van der Waals surface area contributed by atoms with E-state index in [0.717, 1.165) is 11.0 Å². The molecule has 24 heavy (non-hydrogen) atoms. The minimum absolute atomic E-state index is 0.182. The van der Waals surface area contributed by atoms with Gasteiger partial charge in [0, 0.05) is 19.2 Å². The largest absolute Gasteiger partial charge is 0.497 e. The summed E-state index contributed by atoms with van der Waals surface area (Å²) in [4.78, 5) is 16.7. The molecule has 6 heteroatoms. The number of carbonyl (C=O) groups excluding carboxylic acids is 1. The third-order valence-electron chi connectivity index (χ3n) is 3.82. The Labute approximate surface area is 140 Å². The highest BCUT2D eigenvalue weighted by Crippen LogP contribution is 2.24. The normalized spacial score (nSPS) is 10.6. The summed E-state index contributed by atoms with van der Waals surface area (Å²) < 4.78 is 12.4. The van der Waals surface area contributed by atoms with Crippen LogP contribution in [0.1, 0.15) is 10.4 Å². The van der Waals surface area contributed by atoms with Crippen LogP contribution in [0, 0.1) is 0 Å². The fourth-order valence-electron chi connectivity index (χ4n) is 2.56. The number of carbonyl (C=O) groups is 1. The van der Waals surface area contributed by atoms with E-state index >= 15 is 0 Å². The van der Waals surface area contributed by atoms with E-state index in [0.29, 0.717) is 30.2 Å². The molecule has 2 aromatic carbocycles. The zero-order valence-corrected chi connectivity index (χ0v) is 13.7. The second kappa shape index (κ2) is 7.04. The van der Waals surface area contributed by atoms with E-state index in [1.165, 1.54) is 7.11 Å². The first-order valence-corrected chi connectivity index (χ1v) is 7.63. The standard InChI is InChI=1S/C18H19N3O3/c1-23-13-7-8-14(17(11-13)24-2)18(22)19-9-10-21-12-20-15-5-3-4-6-16(15)21/h3-8,11-12H,9-10H2,1-2H3,(H,19,22). The molecule has 3 aromatic rings. The van der Waals surface area contributed by atoms with Gasteiger partial charge in [0.1, 0.15) is 11.5 Å². The molecule has 0 aliphatic rings. The van der Waals surface area contributed by atoms with Crippen molar-refractivity contribution in [1.82, 2.24) is 14.9 Å². The number of rotatable bonds is 6. The molecule has 0 saturated carbocycles. The lowest BCUT2D eigenvalue weighted by Crippen LogP contribution is -2.27. The number of amides is 1. The van der Waals surface area contributed by atoms with Gasteiger partial charge in [-0.15, -0.1) is 0 Å². The summed E-state index contributed by atoms with van der Waals surface area (Å²) in [5, 5.41) is 2.91. The molecule has 1 N–H and O–H groups in total. The molecule has 0 spiro atoms. The minimum atomic E-state index is -0.182. The maximum atomic E-state index is 12.4. The summed E-state index contributed by atoms with van der Waals surface area (Å²) in [7, 11) is 3.10. The van der Waals surface area contributed by atoms with Crippen molar-refractivity contribution < 1.29 is 14.3 Å². The molecule has 0 aliphatic carbocycles. The van der Waals surface area contributed by atoms with Crippen LogP contribution in [0.15, 0.2) is 48.8 Å². The van der Waals surface area contributed by atoms with Crippen LogP contribution in [0.2, 0.25) is 0 Å². The van der Waals surface area contributed by atoms with Gasteiger partial charge in [0.15, 0.2) is 0 Å². The van der Waals surface area contributed by atoms with Gasteiger partial charge in [-0.1, -0.05) is 12.1 Å². The number of nitrogens with zero attached hydrogens (tertiary/aromatic N) is 2. The molecular formula is C18H19N3O3. The lowest BCUT2D eigenvalue weighted by atomic mass is 10.1. The Morgan fingerprint density at radius 2 is 2.00 bits per heavy atom. The van der Waals surface area contributed by atoms with Crippen LogP contribution in [-0.4, -0.2) is 36.2 Å². The highest BCUT2D eigenvalue weighted by atomic mass is 16.5. The Bertz CT molecular complexity index is 858. The zero-order valence-electron chi connectivity index (χ0n) is 13.7. The number of methoxy groups -OCH3 is 2. The highest BCUT2D eigenvalue weighted by Gasteiger charge is 2.13. The molecule has 0 saturated heterocycles. The van der Waals surface area contributed by atoms with E-state index in [1.807, 2.05) is 28.8 Å². The Morgan fingerprint density at radius 3 is 2.79 bits per heavy atom. The van der Waals surface area contributed by atoms with Gasteiger partial charge in [-0.05, 0) is 24.3 Å². The molecule has 6 nitrogen and oxygen atoms in total. The third kappa shape index (κ3) is 3.17. The third-order valence-corrected chi connectivity index (χ3v) is 3.82. The maximum absolute atomic E-state index is 12.4. The topological polar surface area (TPSA) is 65.4 Å². The molecular weight excluding hydrogens is 306 g/mol. The van der Waals surface area contributed by atoms with E-state index in [2.05, 4.69) is 10.3 Å². The highest BCUT2D eigenvalue weighted by molar-refractivity contribution is 5.97. The van der Waals surface area contributed by atoms with Crippen molar-refractivity contribution in [3.8, 4) is 11.5 Å². The van der Waals surface area contributed by atoms with Crippen molar-refractivity contribution in [1.29, 1.82) is 0 Å². The number of hydrogen-bond acceptors (Lipinski definition) is 4. The summed E-state index contributed by atoms with van der Waals surface area (Å²) in [6.45, 7) is 1.14. The Morgan fingerprint density at radius 1 is 1.17 bits per heavy atom. The second-order valence-electron chi connectivity index (χ2n) is 5.25. The zero-order chi connectivity index (χ0) is 16.9. The molecule has 1 aromatic heterocycles. The second-order valence-corrected chi connectivity index (χ2v) is 5.25. The van der Waals surface area contributed by atoms with E-state index in [1.54, 1.807) is 31.6 Å². The molecule has 0 unspecified atom stereocenters. The van der Waals surface area contributed by atoms with Gasteiger partial charge in [-0.2, -0.15) is 0 Å². The molecule has 3 rings (SSSR count). The molecule has 0 radical (unpaired) electrons. The van der Waals surface area contributed by atoms with Gasteiger partial charge >= 0.3 is 0 Å². The predicted octanol–water partition coefficient (Wildman–Crippen LogP) is 2.48. The number of hydrogen-bond donors (Lipinski definition) is 1. The van der Waals surface area contributed by atoms with Crippen LogP contribution < -0.4 is 14.8 Å².